The molecule has 0 aromatic rings. The van der Waals surface area contributed by atoms with Gasteiger partial charge in [-0.3, -0.25) is 0 Å². The molecule has 1 saturated heterocycles. The third kappa shape index (κ3) is 9.77. The van der Waals surface area contributed by atoms with Crippen LogP contribution in [0.5, 0.6) is 0 Å². The topological polar surface area (TPSA) is 202 Å². The molecule has 1 fully saturated rings. The molecule has 0 aromatic carbocycles. The zero-order valence-corrected chi connectivity index (χ0v) is 18.2. The first kappa shape index (κ1) is 26.2. The summed E-state index contributed by atoms with van der Waals surface area (Å²) in [6.45, 7) is -2.42. The van der Waals surface area contributed by atoms with Gasteiger partial charge in [0.2, 0.25) is 0 Å². The van der Waals surface area contributed by atoms with Gasteiger partial charge in [-0.2, -0.15) is 0 Å². The van der Waals surface area contributed by atoms with Crippen LogP contribution in [0.15, 0.2) is 0 Å². The van der Waals surface area contributed by atoms with E-state index in [0.717, 1.165) is 0 Å². The number of ether oxygens (including phenoxy) is 2. The maximum atomic E-state index is 11.9. The van der Waals surface area contributed by atoms with Crippen molar-refractivity contribution >= 4 is 21.3 Å². The van der Waals surface area contributed by atoms with Gasteiger partial charge >= 0.3 is 134 Å². The van der Waals surface area contributed by atoms with Crippen molar-refractivity contribution in [2.24, 2.45) is 0 Å². The van der Waals surface area contributed by atoms with E-state index in [9.17, 15) is 28.5 Å². The molecule has 1 rings (SSSR count). The van der Waals surface area contributed by atoms with Crippen LogP contribution in [0, 0.1) is 0 Å². The van der Waals surface area contributed by atoms with Crippen molar-refractivity contribution in [3.63, 3.8) is 0 Å². The second-order valence-corrected chi connectivity index (χ2v) is 15.4. The molecule has 1 aliphatic rings. The summed E-state index contributed by atoms with van der Waals surface area (Å²) in [4.78, 5) is 13.6. The van der Waals surface area contributed by atoms with Gasteiger partial charge in [0.25, 0.3) is 0 Å². The molecule has 0 bridgehead atoms. The van der Waals surface area contributed by atoms with Crippen molar-refractivity contribution in [2.45, 2.75) is 53.4 Å². The van der Waals surface area contributed by atoms with E-state index in [1.165, 1.54) is 0 Å². The molecular weight excluding hydrogens is 470 g/mol. The molecule has 0 amide bonds. The van der Waals surface area contributed by atoms with Crippen LogP contribution in [0.25, 0.3) is 0 Å². The summed E-state index contributed by atoms with van der Waals surface area (Å²) in [5.74, 6) is 0. The van der Waals surface area contributed by atoms with Crippen LogP contribution in [0.3, 0.4) is 0 Å². The molecule has 1 aliphatic heterocycles. The first-order chi connectivity index (χ1) is 12.8. The molecule has 1 heterocycles. The third-order valence-corrected chi connectivity index (χ3v) is 6.81. The standard InChI is InChI=1S/C13H28AsO13P/c1-14(2,20)3-10-11(18)12(19)13(26-10)23-5-9(17)7-25-28(21,22)27-24-6-8(16)4-15/h8-13,15-19H,3-7H2,1-2H3,(H,21,22)/t8?,9?,10-,11-,12-,13?/m1/s1. The summed E-state index contributed by atoms with van der Waals surface area (Å²) in [5, 5.41) is 47.2. The predicted molar refractivity (Wildman–Crippen MR) is 91.5 cm³/mol. The molecule has 6 N–H and O–H groups in total. The van der Waals surface area contributed by atoms with Gasteiger partial charge in [-0.05, 0) is 0 Å². The van der Waals surface area contributed by atoms with Crippen molar-refractivity contribution in [2.75, 3.05) is 26.4 Å². The fraction of sp³-hybridized carbons (Fsp3) is 1.00. The zero-order valence-electron chi connectivity index (χ0n) is 15.4. The molecule has 4 unspecified atom stereocenters. The number of phosphoric acid groups is 1. The quantitative estimate of drug-likeness (QED) is 0.0696. The van der Waals surface area contributed by atoms with Crippen molar-refractivity contribution < 1.29 is 62.3 Å². The molecule has 0 saturated carbocycles. The Morgan fingerprint density at radius 1 is 1.11 bits per heavy atom. The van der Waals surface area contributed by atoms with Gasteiger partial charge in [0.1, 0.15) is 12.7 Å². The first-order valence-corrected chi connectivity index (χ1v) is 15.6. The van der Waals surface area contributed by atoms with E-state index >= 15 is 0 Å². The molecule has 168 valence electrons. The van der Waals surface area contributed by atoms with Gasteiger partial charge in [0.15, 0.2) is 0 Å². The summed E-state index contributed by atoms with van der Waals surface area (Å²) in [6, 6.07) is 0. The van der Waals surface area contributed by atoms with E-state index in [4.69, 9.17) is 19.7 Å². The van der Waals surface area contributed by atoms with Gasteiger partial charge in [-0.15, -0.1) is 0 Å². The van der Waals surface area contributed by atoms with Crippen LogP contribution >= 0.6 is 7.82 Å². The van der Waals surface area contributed by atoms with Crippen molar-refractivity contribution in [1.29, 1.82) is 0 Å². The second kappa shape index (κ2) is 11.5. The number of phosphoric ester groups is 1. The number of hydrogen-bond donors (Lipinski definition) is 6. The summed E-state index contributed by atoms with van der Waals surface area (Å²) in [5.41, 5.74) is 3.14. The molecular formula is C13H28AsO13P. The Balaban J connectivity index is 2.35. The summed E-state index contributed by atoms with van der Waals surface area (Å²) in [6.07, 6.45) is -7.61. The second-order valence-electron chi connectivity index (χ2n) is 6.73. The average Bonchev–Trinajstić information content (AvgIpc) is 2.84. The molecule has 7 atom stereocenters. The minimum atomic E-state index is -4.70. The number of aliphatic hydroxyl groups is 5. The average molecular weight is 498 g/mol. The van der Waals surface area contributed by atoms with Crippen LogP contribution in [-0.2, 0) is 31.9 Å². The van der Waals surface area contributed by atoms with Gasteiger partial charge < -0.3 is 10.2 Å². The fourth-order valence-electron chi connectivity index (χ4n) is 2.12. The van der Waals surface area contributed by atoms with Gasteiger partial charge in [0.05, 0.1) is 6.61 Å². The molecule has 0 radical (unpaired) electrons. The van der Waals surface area contributed by atoms with Crippen LogP contribution in [0.4, 0.5) is 0 Å². The van der Waals surface area contributed by atoms with Crippen molar-refractivity contribution in [1.82, 2.24) is 0 Å². The summed E-state index contributed by atoms with van der Waals surface area (Å²) < 4.78 is 42.4. The molecule has 28 heavy (non-hydrogen) atoms. The predicted octanol–water partition coefficient (Wildman–Crippen LogP) is -2.14. The Bertz CT molecular complexity index is 557. The third-order valence-electron chi connectivity index (χ3n) is 3.44. The Morgan fingerprint density at radius 2 is 1.75 bits per heavy atom. The number of rotatable bonds is 13. The number of aliphatic hydroxyl groups excluding tert-OH is 5. The van der Waals surface area contributed by atoms with E-state index < -0.39 is 84.6 Å². The zero-order chi connectivity index (χ0) is 21.5. The van der Waals surface area contributed by atoms with E-state index in [2.05, 4.69) is 14.1 Å². The van der Waals surface area contributed by atoms with Crippen LogP contribution in [0.2, 0.25) is 16.6 Å². The van der Waals surface area contributed by atoms with Crippen LogP contribution < -0.4 is 0 Å². The van der Waals surface area contributed by atoms with E-state index in [1.807, 2.05) is 0 Å². The molecule has 0 aromatic heterocycles. The molecule has 0 aliphatic carbocycles. The van der Waals surface area contributed by atoms with Crippen LogP contribution in [0.1, 0.15) is 0 Å². The Morgan fingerprint density at radius 3 is 2.32 bits per heavy atom. The van der Waals surface area contributed by atoms with Crippen molar-refractivity contribution in [3.05, 3.63) is 0 Å². The molecule has 15 heteroatoms. The van der Waals surface area contributed by atoms with Gasteiger partial charge in [-0.25, -0.2) is 0 Å². The maximum absolute atomic E-state index is 11.9. The normalized spacial score (nSPS) is 30.1. The van der Waals surface area contributed by atoms with Gasteiger partial charge in [-0.1, -0.05) is 0 Å². The Hall–Kier alpha value is 0.148. The molecule has 0 spiro atoms. The number of hydrogen-bond acceptors (Lipinski definition) is 12. The summed E-state index contributed by atoms with van der Waals surface area (Å²) >= 11 is -3.14. The SMILES string of the molecule is C[As](C)(=O)C[C@H]1OC(OCC(O)COP(=O)(O)OOCC(O)CO)[C@H](O)[C@@H]1O. The first-order valence-electron chi connectivity index (χ1n) is 8.27. The van der Waals surface area contributed by atoms with Crippen molar-refractivity contribution in [3.8, 4) is 0 Å². The van der Waals surface area contributed by atoms with E-state index in [1.54, 1.807) is 11.4 Å². The Labute approximate surface area is 164 Å². The monoisotopic (exact) mass is 498 g/mol. The van der Waals surface area contributed by atoms with Gasteiger partial charge in [0, 0.05) is 0 Å². The Kier molecular flexibility index (Phi) is 10.8. The van der Waals surface area contributed by atoms with E-state index in [0.29, 0.717) is 0 Å². The summed E-state index contributed by atoms with van der Waals surface area (Å²) in [7, 11) is -4.70. The fourth-order valence-corrected chi connectivity index (χ4v) is 5.17. The van der Waals surface area contributed by atoms with E-state index in [-0.39, 0.29) is 5.21 Å². The molecule has 13 nitrogen and oxygen atoms in total. The van der Waals surface area contributed by atoms with Crippen LogP contribution in [-0.4, -0.2) is 107 Å². The minimum absolute atomic E-state index is 0.0953.